The quantitative estimate of drug-likeness (QED) is 0.835. The number of aromatic amines is 1. The SMILES string of the molecule is COC(=O)N[C@@H](C)C(=O)N(C)CCc1c(C)n[nH]c1C. The van der Waals surface area contributed by atoms with Gasteiger partial charge in [0.2, 0.25) is 5.91 Å². The molecule has 0 unspecified atom stereocenters. The first kappa shape index (κ1) is 16.0. The zero-order valence-electron chi connectivity index (χ0n) is 12.6. The van der Waals surface area contributed by atoms with Crippen LogP contribution >= 0.6 is 0 Å². The molecule has 7 heteroatoms. The molecule has 0 aromatic carbocycles. The molecular formula is C13H22N4O3. The molecule has 1 heterocycles. The number of nitrogens with one attached hydrogen (secondary N) is 2. The summed E-state index contributed by atoms with van der Waals surface area (Å²) in [5.74, 6) is -0.158. The van der Waals surface area contributed by atoms with Gasteiger partial charge in [0.15, 0.2) is 0 Å². The number of carbonyl (C=O) groups is 2. The van der Waals surface area contributed by atoms with E-state index in [0.717, 1.165) is 23.4 Å². The number of likely N-dealkylation sites (N-methyl/N-ethyl adjacent to an activating group) is 1. The van der Waals surface area contributed by atoms with E-state index in [0.29, 0.717) is 6.54 Å². The van der Waals surface area contributed by atoms with Gasteiger partial charge in [0, 0.05) is 19.3 Å². The number of aromatic nitrogens is 2. The third-order valence-electron chi connectivity index (χ3n) is 3.24. The number of carbonyl (C=O) groups excluding carboxylic acids is 2. The third kappa shape index (κ3) is 3.97. The molecule has 0 aliphatic carbocycles. The van der Waals surface area contributed by atoms with E-state index in [1.807, 2.05) is 13.8 Å². The van der Waals surface area contributed by atoms with E-state index < -0.39 is 12.1 Å². The maximum absolute atomic E-state index is 12.1. The molecule has 112 valence electrons. The largest absolute Gasteiger partial charge is 0.453 e. The Bertz CT molecular complexity index is 464. The van der Waals surface area contributed by atoms with Gasteiger partial charge >= 0.3 is 6.09 Å². The molecule has 1 aromatic rings. The summed E-state index contributed by atoms with van der Waals surface area (Å²) in [7, 11) is 2.98. The number of amides is 2. The molecule has 2 amide bonds. The average molecular weight is 282 g/mol. The Morgan fingerprint density at radius 2 is 2.10 bits per heavy atom. The van der Waals surface area contributed by atoms with Crippen molar-refractivity contribution < 1.29 is 14.3 Å². The second kappa shape index (κ2) is 6.93. The Morgan fingerprint density at radius 3 is 2.60 bits per heavy atom. The Hall–Kier alpha value is -2.05. The third-order valence-corrected chi connectivity index (χ3v) is 3.24. The summed E-state index contributed by atoms with van der Waals surface area (Å²) in [5, 5.41) is 9.50. The highest BCUT2D eigenvalue weighted by atomic mass is 16.5. The molecule has 0 bridgehead atoms. The Balaban J connectivity index is 2.52. The minimum absolute atomic E-state index is 0.158. The van der Waals surface area contributed by atoms with Crippen LogP contribution in [0.1, 0.15) is 23.9 Å². The summed E-state index contributed by atoms with van der Waals surface area (Å²) in [6, 6.07) is -0.612. The van der Waals surface area contributed by atoms with E-state index in [-0.39, 0.29) is 5.91 Å². The van der Waals surface area contributed by atoms with Crippen molar-refractivity contribution in [2.75, 3.05) is 20.7 Å². The molecule has 0 fully saturated rings. The van der Waals surface area contributed by atoms with Gasteiger partial charge < -0.3 is 15.0 Å². The van der Waals surface area contributed by atoms with E-state index >= 15 is 0 Å². The molecule has 2 N–H and O–H groups in total. The molecule has 7 nitrogen and oxygen atoms in total. The number of nitrogens with zero attached hydrogens (tertiary/aromatic N) is 2. The summed E-state index contributed by atoms with van der Waals surface area (Å²) in [6.45, 7) is 6.08. The molecule has 0 aliphatic heterocycles. The Kier molecular flexibility index (Phi) is 5.54. The van der Waals surface area contributed by atoms with Crippen LogP contribution in [-0.4, -0.2) is 53.8 Å². The van der Waals surface area contributed by atoms with E-state index in [2.05, 4.69) is 20.3 Å². The van der Waals surface area contributed by atoms with Gasteiger partial charge in [-0.1, -0.05) is 0 Å². The standard InChI is InChI=1S/C13H22N4O3/c1-8-11(9(2)16-15-8)6-7-17(4)12(18)10(3)14-13(19)20-5/h10H,6-7H2,1-5H3,(H,14,19)(H,15,16)/t10-/m0/s1. The van der Waals surface area contributed by atoms with Gasteiger partial charge in [0.1, 0.15) is 6.04 Å². The van der Waals surface area contributed by atoms with E-state index in [1.165, 1.54) is 7.11 Å². The second-order valence-corrected chi connectivity index (χ2v) is 4.78. The Labute approximate surface area is 118 Å². The molecule has 1 atom stereocenters. The lowest BCUT2D eigenvalue weighted by Crippen LogP contribution is -2.46. The van der Waals surface area contributed by atoms with Gasteiger partial charge in [0.05, 0.1) is 12.8 Å². The fourth-order valence-corrected chi connectivity index (χ4v) is 1.96. The smallest absolute Gasteiger partial charge is 0.407 e. The van der Waals surface area contributed by atoms with Crippen LogP contribution in [-0.2, 0) is 16.0 Å². The lowest BCUT2D eigenvalue weighted by molar-refractivity contribution is -0.131. The van der Waals surface area contributed by atoms with Gasteiger partial charge in [0.25, 0.3) is 0 Å². The van der Waals surface area contributed by atoms with Gasteiger partial charge in [-0.25, -0.2) is 4.79 Å². The molecule has 0 aliphatic rings. The molecule has 0 spiro atoms. The monoisotopic (exact) mass is 282 g/mol. The van der Waals surface area contributed by atoms with Crippen molar-refractivity contribution in [1.82, 2.24) is 20.4 Å². The number of hydrogen-bond donors (Lipinski definition) is 2. The average Bonchev–Trinajstić information content (AvgIpc) is 2.74. The molecule has 1 rings (SSSR count). The zero-order chi connectivity index (χ0) is 15.3. The van der Waals surface area contributed by atoms with Crippen LogP contribution in [0.25, 0.3) is 0 Å². The summed E-state index contributed by atoms with van der Waals surface area (Å²) in [4.78, 5) is 24.7. The first-order valence-corrected chi connectivity index (χ1v) is 6.46. The van der Waals surface area contributed by atoms with Gasteiger partial charge in [-0.2, -0.15) is 5.10 Å². The van der Waals surface area contributed by atoms with Crippen LogP contribution in [0.2, 0.25) is 0 Å². The molecule has 0 saturated heterocycles. The van der Waals surface area contributed by atoms with Crippen LogP contribution in [0.15, 0.2) is 0 Å². The number of alkyl carbamates (subject to hydrolysis) is 1. The Morgan fingerprint density at radius 1 is 1.45 bits per heavy atom. The van der Waals surface area contributed by atoms with Crippen molar-refractivity contribution in [3.63, 3.8) is 0 Å². The topological polar surface area (TPSA) is 87.3 Å². The first-order valence-electron chi connectivity index (χ1n) is 6.46. The number of H-pyrrole nitrogens is 1. The highest BCUT2D eigenvalue weighted by Gasteiger charge is 2.20. The molecule has 0 saturated carbocycles. The van der Waals surface area contributed by atoms with Crippen molar-refractivity contribution in [3.05, 3.63) is 17.0 Å². The second-order valence-electron chi connectivity index (χ2n) is 4.78. The highest BCUT2D eigenvalue weighted by Crippen LogP contribution is 2.10. The maximum Gasteiger partial charge on any atom is 0.407 e. The van der Waals surface area contributed by atoms with Crippen molar-refractivity contribution >= 4 is 12.0 Å². The number of rotatable bonds is 5. The number of aryl methyl sites for hydroxylation is 2. The summed E-state index contributed by atoms with van der Waals surface area (Å²) in [6.07, 6.45) is 0.113. The highest BCUT2D eigenvalue weighted by molar-refractivity contribution is 5.85. The van der Waals surface area contributed by atoms with E-state index in [1.54, 1.807) is 18.9 Å². The summed E-state index contributed by atoms with van der Waals surface area (Å²) >= 11 is 0. The number of ether oxygens (including phenoxy) is 1. The van der Waals surface area contributed by atoms with E-state index in [4.69, 9.17) is 0 Å². The minimum atomic E-state index is -0.612. The summed E-state index contributed by atoms with van der Waals surface area (Å²) in [5.41, 5.74) is 3.09. The zero-order valence-corrected chi connectivity index (χ0v) is 12.6. The summed E-state index contributed by atoms with van der Waals surface area (Å²) < 4.78 is 4.47. The van der Waals surface area contributed by atoms with Crippen molar-refractivity contribution in [2.45, 2.75) is 33.2 Å². The van der Waals surface area contributed by atoms with Crippen molar-refractivity contribution in [2.24, 2.45) is 0 Å². The van der Waals surface area contributed by atoms with Crippen LogP contribution in [0.4, 0.5) is 4.79 Å². The first-order chi connectivity index (χ1) is 9.36. The van der Waals surface area contributed by atoms with Crippen LogP contribution in [0.3, 0.4) is 0 Å². The predicted octanol–water partition coefficient (Wildman–Crippen LogP) is 0.772. The lowest BCUT2D eigenvalue weighted by atomic mass is 10.1. The normalized spacial score (nSPS) is 11.8. The van der Waals surface area contributed by atoms with Crippen molar-refractivity contribution in [3.8, 4) is 0 Å². The molecule has 20 heavy (non-hydrogen) atoms. The van der Waals surface area contributed by atoms with Gasteiger partial charge in [-0.15, -0.1) is 0 Å². The van der Waals surface area contributed by atoms with E-state index in [9.17, 15) is 9.59 Å². The van der Waals surface area contributed by atoms with Crippen LogP contribution in [0.5, 0.6) is 0 Å². The molecule has 1 aromatic heterocycles. The van der Waals surface area contributed by atoms with Gasteiger partial charge in [-0.3, -0.25) is 9.89 Å². The molecular weight excluding hydrogens is 260 g/mol. The number of methoxy groups -OCH3 is 1. The van der Waals surface area contributed by atoms with Crippen LogP contribution < -0.4 is 5.32 Å². The maximum atomic E-state index is 12.1. The molecule has 0 radical (unpaired) electrons. The lowest BCUT2D eigenvalue weighted by Gasteiger charge is -2.21. The minimum Gasteiger partial charge on any atom is -0.453 e. The van der Waals surface area contributed by atoms with Gasteiger partial charge in [-0.05, 0) is 32.8 Å². The van der Waals surface area contributed by atoms with Crippen molar-refractivity contribution in [1.29, 1.82) is 0 Å². The predicted molar refractivity (Wildman–Crippen MR) is 74.4 cm³/mol. The fraction of sp³-hybridized carbons (Fsp3) is 0.615. The number of hydrogen-bond acceptors (Lipinski definition) is 4. The fourth-order valence-electron chi connectivity index (χ4n) is 1.96. The van der Waals surface area contributed by atoms with Crippen LogP contribution in [0, 0.1) is 13.8 Å².